The molecule has 118 valence electrons. The molecule has 0 radical (unpaired) electrons. The van der Waals surface area contributed by atoms with Crippen LogP contribution in [0.5, 0.6) is 0 Å². The van der Waals surface area contributed by atoms with E-state index in [0.717, 1.165) is 23.9 Å². The van der Waals surface area contributed by atoms with Crippen LogP contribution in [0.25, 0.3) is 11.0 Å². The van der Waals surface area contributed by atoms with Crippen molar-refractivity contribution in [3.05, 3.63) is 30.1 Å². The zero-order chi connectivity index (χ0) is 16.0. The van der Waals surface area contributed by atoms with Gasteiger partial charge in [-0.05, 0) is 39.2 Å². The highest BCUT2D eigenvalue weighted by molar-refractivity contribution is 7.89. The van der Waals surface area contributed by atoms with Gasteiger partial charge < -0.3 is 0 Å². The normalized spacial score (nSPS) is 22.3. The summed E-state index contributed by atoms with van der Waals surface area (Å²) in [6.45, 7) is 3.79. The second-order valence-corrected chi connectivity index (χ2v) is 7.81. The molecule has 1 N–H and O–H groups in total. The first-order valence-corrected chi connectivity index (χ1v) is 8.77. The minimum Gasteiger partial charge on any atom is -0.250 e. The Balaban J connectivity index is 1.98. The zero-order valence-corrected chi connectivity index (χ0v) is 13.8. The fraction of sp³-hybridized carbons (Fsp3) is 0.467. The van der Waals surface area contributed by atoms with Crippen molar-refractivity contribution in [2.75, 3.05) is 0 Å². The van der Waals surface area contributed by atoms with Crippen LogP contribution in [0.2, 0.25) is 0 Å². The Bertz CT molecular complexity index is 854. The molecule has 0 aliphatic heterocycles. The van der Waals surface area contributed by atoms with Gasteiger partial charge in [0.05, 0.1) is 5.69 Å². The topological polar surface area (TPSA) is 76.9 Å². The van der Waals surface area contributed by atoms with E-state index in [1.54, 1.807) is 17.8 Å². The molecule has 1 unspecified atom stereocenters. The smallest absolute Gasteiger partial charge is 0.242 e. The summed E-state index contributed by atoms with van der Waals surface area (Å²) in [5.41, 5.74) is 1.02. The van der Waals surface area contributed by atoms with Gasteiger partial charge in [-0.15, -0.1) is 0 Å². The van der Waals surface area contributed by atoms with Crippen molar-refractivity contribution in [1.29, 1.82) is 0 Å². The molecular weight excluding hydrogens is 300 g/mol. The van der Waals surface area contributed by atoms with Crippen molar-refractivity contribution in [1.82, 2.24) is 19.5 Å². The van der Waals surface area contributed by atoms with Crippen LogP contribution in [0.1, 0.15) is 31.9 Å². The van der Waals surface area contributed by atoms with Crippen molar-refractivity contribution >= 4 is 21.1 Å². The maximum absolute atomic E-state index is 12.7. The molecule has 0 amide bonds. The SMILES string of the molecule is Cc1nn(C)c2ncc(S(=O)(=O)NC3(C)CC=CCC3)cc12. The van der Waals surface area contributed by atoms with E-state index in [-0.39, 0.29) is 4.90 Å². The van der Waals surface area contributed by atoms with Crippen molar-refractivity contribution in [3.8, 4) is 0 Å². The van der Waals surface area contributed by atoms with Crippen LogP contribution in [-0.4, -0.2) is 28.7 Å². The van der Waals surface area contributed by atoms with E-state index in [9.17, 15) is 8.42 Å². The predicted molar refractivity (Wildman–Crippen MR) is 85.0 cm³/mol. The van der Waals surface area contributed by atoms with E-state index < -0.39 is 15.6 Å². The summed E-state index contributed by atoms with van der Waals surface area (Å²) in [6, 6.07) is 1.65. The number of pyridine rings is 1. The summed E-state index contributed by atoms with van der Waals surface area (Å²) in [7, 11) is -1.80. The second kappa shape index (κ2) is 5.17. The van der Waals surface area contributed by atoms with E-state index in [1.165, 1.54) is 6.20 Å². The number of sulfonamides is 1. The summed E-state index contributed by atoms with van der Waals surface area (Å²) >= 11 is 0. The van der Waals surface area contributed by atoms with Crippen LogP contribution < -0.4 is 4.72 Å². The molecule has 0 fully saturated rings. The molecule has 3 rings (SSSR count). The highest BCUT2D eigenvalue weighted by Crippen LogP contribution is 2.26. The van der Waals surface area contributed by atoms with Crippen LogP contribution in [0.4, 0.5) is 0 Å². The summed E-state index contributed by atoms with van der Waals surface area (Å²) in [5.74, 6) is 0. The fourth-order valence-corrected chi connectivity index (χ4v) is 4.29. The average Bonchev–Trinajstić information content (AvgIpc) is 2.73. The third kappa shape index (κ3) is 2.66. The Kier molecular flexibility index (Phi) is 3.57. The highest BCUT2D eigenvalue weighted by atomic mass is 32.2. The molecule has 6 nitrogen and oxygen atoms in total. The van der Waals surface area contributed by atoms with Gasteiger partial charge in [-0.3, -0.25) is 4.68 Å². The third-order valence-corrected chi connectivity index (χ3v) is 5.73. The van der Waals surface area contributed by atoms with Crippen molar-refractivity contribution in [2.24, 2.45) is 7.05 Å². The third-order valence-electron chi connectivity index (χ3n) is 4.13. The van der Waals surface area contributed by atoms with Crippen LogP contribution in [0, 0.1) is 6.92 Å². The first kappa shape index (κ1) is 15.2. The Morgan fingerprint density at radius 1 is 1.36 bits per heavy atom. The van der Waals surface area contributed by atoms with E-state index >= 15 is 0 Å². The molecule has 0 aromatic carbocycles. The lowest BCUT2D eigenvalue weighted by Gasteiger charge is -2.31. The van der Waals surface area contributed by atoms with Crippen LogP contribution in [0.15, 0.2) is 29.3 Å². The molecule has 2 heterocycles. The quantitative estimate of drug-likeness (QED) is 0.878. The number of rotatable bonds is 3. The number of aromatic nitrogens is 3. The van der Waals surface area contributed by atoms with Gasteiger partial charge in [-0.2, -0.15) is 5.10 Å². The summed E-state index contributed by atoms with van der Waals surface area (Å²) in [5, 5.41) is 5.04. The Hall–Kier alpha value is -1.73. The van der Waals surface area contributed by atoms with Gasteiger partial charge in [0.1, 0.15) is 4.90 Å². The molecule has 1 aliphatic carbocycles. The number of nitrogens with zero attached hydrogens (tertiary/aromatic N) is 3. The lowest BCUT2D eigenvalue weighted by molar-refractivity contribution is 0.381. The Morgan fingerprint density at radius 3 is 2.82 bits per heavy atom. The molecule has 7 heteroatoms. The Morgan fingerprint density at radius 2 is 2.14 bits per heavy atom. The molecular formula is C15H20N4O2S. The second-order valence-electron chi connectivity index (χ2n) is 6.13. The van der Waals surface area contributed by atoms with Crippen molar-refractivity contribution < 1.29 is 8.42 Å². The van der Waals surface area contributed by atoms with E-state index in [2.05, 4.69) is 20.9 Å². The lowest BCUT2D eigenvalue weighted by atomic mass is 9.89. The number of hydrogen-bond donors (Lipinski definition) is 1. The van der Waals surface area contributed by atoms with E-state index in [0.29, 0.717) is 12.1 Å². The highest BCUT2D eigenvalue weighted by Gasteiger charge is 2.31. The summed E-state index contributed by atoms with van der Waals surface area (Å²) in [6.07, 6.45) is 7.89. The number of nitrogens with one attached hydrogen (secondary N) is 1. The molecule has 0 saturated heterocycles. The first-order chi connectivity index (χ1) is 10.3. The molecule has 2 aromatic rings. The predicted octanol–water partition coefficient (Wildman–Crippen LogP) is 2.05. The minimum absolute atomic E-state index is 0.187. The number of aryl methyl sites for hydroxylation is 2. The number of hydrogen-bond acceptors (Lipinski definition) is 4. The molecule has 1 aliphatic rings. The molecule has 0 bridgehead atoms. The Labute approximate surface area is 130 Å². The molecule has 1 atom stereocenters. The van der Waals surface area contributed by atoms with Crippen LogP contribution in [-0.2, 0) is 17.1 Å². The fourth-order valence-electron chi connectivity index (χ4n) is 2.88. The van der Waals surface area contributed by atoms with E-state index in [4.69, 9.17) is 0 Å². The van der Waals surface area contributed by atoms with Crippen molar-refractivity contribution in [3.63, 3.8) is 0 Å². The minimum atomic E-state index is -3.60. The summed E-state index contributed by atoms with van der Waals surface area (Å²) < 4.78 is 29.8. The largest absolute Gasteiger partial charge is 0.250 e. The van der Waals surface area contributed by atoms with Gasteiger partial charge in [0, 0.05) is 24.2 Å². The monoisotopic (exact) mass is 320 g/mol. The first-order valence-electron chi connectivity index (χ1n) is 7.29. The van der Waals surface area contributed by atoms with Gasteiger partial charge in [-0.1, -0.05) is 12.2 Å². The van der Waals surface area contributed by atoms with Gasteiger partial charge in [0.2, 0.25) is 10.0 Å². The van der Waals surface area contributed by atoms with Gasteiger partial charge in [-0.25, -0.2) is 18.1 Å². The molecule has 22 heavy (non-hydrogen) atoms. The molecule has 0 spiro atoms. The standard InChI is InChI=1S/C15H20N4O2S/c1-11-13-9-12(10-16-14(13)19(3)17-11)22(20,21)18-15(2)7-5-4-6-8-15/h4-5,9-10,18H,6-8H2,1-3H3. The maximum Gasteiger partial charge on any atom is 0.242 e. The van der Waals surface area contributed by atoms with Crippen LogP contribution in [0.3, 0.4) is 0 Å². The van der Waals surface area contributed by atoms with Crippen molar-refractivity contribution in [2.45, 2.75) is 43.5 Å². The number of fused-ring (bicyclic) bond motifs is 1. The molecule has 2 aromatic heterocycles. The average molecular weight is 320 g/mol. The molecule has 0 saturated carbocycles. The van der Waals surface area contributed by atoms with Gasteiger partial charge in [0.15, 0.2) is 5.65 Å². The maximum atomic E-state index is 12.7. The van der Waals surface area contributed by atoms with Crippen LogP contribution >= 0.6 is 0 Å². The van der Waals surface area contributed by atoms with Gasteiger partial charge in [0.25, 0.3) is 0 Å². The van der Waals surface area contributed by atoms with E-state index in [1.807, 2.05) is 19.9 Å². The zero-order valence-electron chi connectivity index (χ0n) is 13.0. The van der Waals surface area contributed by atoms with Gasteiger partial charge >= 0.3 is 0 Å². The summed E-state index contributed by atoms with van der Waals surface area (Å²) in [4.78, 5) is 4.44. The number of allylic oxidation sites excluding steroid dienone is 1. The lowest BCUT2D eigenvalue weighted by Crippen LogP contribution is -2.46.